The molecule has 0 radical (unpaired) electrons. The van der Waals surface area contributed by atoms with Crippen LogP contribution in [0.5, 0.6) is 0 Å². The van der Waals surface area contributed by atoms with Crippen molar-refractivity contribution in [2.24, 2.45) is 0 Å². The summed E-state index contributed by atoms with van der Waals surface area (Å²) in [7, 11) is 0. The Bertz CT molecular complexity index is 73.5. The fourth-order valence-electron chi connectivity index (χ4n) is 0. The first-order valence-corrected chi connectivity index (χ1v) is 3.14. The molecule has 0 rings (SSSR count). The molecule has 6 heavy (non-hydrogen) atoms. The van der Waals surface area contributed by atoms with Crippen LogP contribution in [0.2, 0.25) is 0 Å². The Morgan fingerprint density at radius 1 is 1.83 bits per heavy atom. The monoisotopic (exact) mass is 250 g/mol. The Morgan fingerprint density at radius 3 is 2.00 bits per heavy atom. The molecule has 0 aromatic rings. The predicted octanol–water partition coefficient (Wildman–Crippen LogP) is 0.636. The molecule has 2 heteroatoms. The van der Waals surface area contributed by atoms with Crippen LogP contribution in [0.3, 0.4) is 0 Å². The van der Waals surface area contributed by atoms with Gasteiger partial charge in [0.15, 0.2) is 0 Å². The Balaban J connectivity index is 3.57. The van der Waals surface area contributed by atoms with Crippen LogP contribution in [0, 0.1) is 0 Å². The van der Waals surface area contributed by atoms with E-state index in [4.69, 9.17) is 0 Å². The molecular formula is C4H5OTa. The molecule has 0 unspecified atom stereocenters. The average molecular weight is 250 g/mol. The van der Waals surface area contributed by atoms with E-state index in [-0.39, 0.29) is 4.00 Å². The van der Waals surface area contributed by atoms with Crippen molar-refractivity contribution < 1.29 is 25.9 Å². The maximum atomic E-state index is 10.1. The number of carbonyl (C=O) groups excluding carboxylic acids is 1. The molecule has 0 aliphatic carbocycles. The van der Waals surface area contributed by atoms with Crippen molar-refractivity contribution >= 4 is 4.00 Å². The van der Waals surface area contributed by atoms with Crippen molar-refractivity contribution in [2.45, 2.75) is 6.92 Å². The minimum atomic E-state index is 0.176. The van der Waals surface area contributed by atoms with Gasteiger partial charge < -0.3 is 0 Å². The van der Waals surface area contributed by atoms with Crippen LogP contribution < -0.4 is 0 Å². The summed E-state index contributed by atoms with van der Waals surface area (Å²) < 4.78 is 0.176. The molecule has 0 atom stereocenters. The van der Waals surface area contributed by atoms with E-state index in [1.54, 1.807) is 6.92 Å². The molecule has 32 valence electrons. The van der Waals surface area contributed by atoms with Gasteiger partial charge in [0.25, 0.3) is 0 Å². The van der Waals surface area contributed by atoms with E-state index in [2.05, 4.69) is 6.58 Å². The first-order valence-electron chi connectivity index (χ1n) is 1.53. The second kappa shape index (κ2) is 2.35. The van der Waals surface area contributed by atoms with E-state index < -0.39 is 0 Å². The molecule has 0 bridgehead atoms. The SMILES string of the molecule is C=C(C)[C](=O)[Ta]. The van der Waals surface area contributed by atoms with E-state index in [0.717, 1.165) is 21.1 Å². The zero-order valence-electron chi connectivity index (χ0n) is 3.56. The molecular weight excluding hydrogens is 245 g/mol. The van der Waals surface area contributed by atoms with Crippen LogP contribution in [-0.2, 0) is 25.9 Å². The fourth-order valence-corrected chi connectivity index (χ4v) is 0. The van der Waals surface area contributed by atoms with E-state index in [1.165, 1.54) is 0 Å². The molecule has 0 heterocycles. The molecule has 0 aliphatic rings. The van der Waals surface area contributed by atoms with Crippen LogP contribution in [0.25, 0.3) is 0 Å². The summed E-state index contributed by atoms with van der Waals surface area (Å²) in [5.74, 6) is 0. The van der Waals surface area contributed by atoms with Crippen LogP contribution in [-0.4, -0.2) is 4.00 Å². The van der Waals surface area contributed by atoms with Crippen molar-refractivity contribution in [3.8, 4) is 0 Å². The van der Waals surface area contributed by atoms with Crippen molar-refractivity contribution in [1.82, 2.24) is 0 Å². The van der Waals surface area contributed by atoms with Gasteiger partial charge in [0.1, 0.15) is 0 Å². The average Bonchev–Trinajstić information content (AvgIpc) is 1.36. The quantitative estimate of drug-likeness (QED) is 0.624. The third-order valence-electron chi connectivity index (χ3n) is 0.365. The van der Waals surface area contributed by atoms with Gasteiger partial charge in [-0.2, -0.15) is 0 Å². The first-order chi connectivity index (χ1) is 2.64. The topological polar surface area (TPSA) is 17.1 Å². The number of allylic oxidation sites excluding steroid dienone is 1. The van der Waals surface area contributed by atoms with E-state index in [1.807, 2.05) is 0 Å². The van der Waals surface area contributed by atoms with Gasteiger partial charge in [-0.15, -0.1) is 0 Å². The summed E-state index contributed by atoms with van der Waals surface area (Å²) in [6.45, 7) is 5.16. The van der Waals surface area contributed by atoms with Crippen molar-refractivity contribution in [3.05, 3.63) is 12.2 Å². The van der Waals surface area contributed by atoms with E-state index in [0.29, 0.717) is 5.57 Å². The Morgan fingerprint density at radius 2 is 2.00 bits per heavy atom. The summed E-state index contributed by atoms with van der Waals surface area (Å²) >= 11 is 0.792. The number of carbonyl (C=O) groups is 1. The molecule has 0 N–H and O–H groups in total. The van der Waals surface area contributed by atoms with Gasteiger partial charge in [-0.05, 0) is 0 Å². The van der Waals surface area contributed by atoms with E-state index >= 15 is 0 Å². The molecule has 0 aliphatic heterocycles. The molecule has 0 spiro atoms. The first kappa shape index (κ1) is 6.15. The molecule has 0 aromatic carbocycles. The van der Waals surface area contributed by atoms with Gasteiger partial charge >= 0.3 is 48.9 Å². The second-order valence-corrected chi connectivity index (χ2v) is 2.54. The summed E-state index contributed by atoms with van der Waals surface area (Å²) in [6, 6.07) is 0. The van der Waals surface area contributed by atoms with Gasteiger partial charge in [0.2, 0.25) is 0 Å². The summed E-state index contributed by atoms with van der Waals surface area (Å²) in [5, 5.41) is 0. The van der Waals surface area contributed by atoms with Crippen molar-refractivity contribution in [2.75, 3.05) is 0 Å². The van der Waals surface area contributed by atoms with Crippen LogP contribution >= 0.6 is 0 Å². The molecule has 0 saturated heterocycles. The number of hydrogen-bond donors (Lipinski definition) is 0. The number of hydrogen-bond acceptors (Lipinski definition) is 1. The molecule has 0 saturated carbocycles. The Labute approximate surface area is 49.3 Å². The zero-order valence-corrected chi connectivity index (χ0v) is 6.78. The molecule has 0 aromatic heterocycles. The van der Waals surface area contributed by atoms with Crippen molar-refractivity contribution in [3.63, 3.8) is 0 Å². The zero-order chi connectivity index (χ0) is 5.15. The van der Waals surface area contributed by atoms with Crippen LogP contribution in [0.1, 0.15) is 6.92 Å². The fraction of sp³-hybridized carbons (Fsp3) is 0.250. The third-order valence-corrected chi connectivity index (χ3v) is 1.74. The molecule has 1 nitrogen and oxygen atoms in total. The van der Waals surface area contributed by atoms with Gasteiger partial charge in [-0.25, -0.2) is 0 Å². The minimum absolute atomic E-state index is 0.176. The summed E-state index contributed by atoms with van der Waals surface area (Å²) in [5.41, 5.74) is 0.670. The standard InChI is InChI=1S/C4H5O.Ta/c1-4(2)3-5;/h1H2,2H3;. The van der Waals surface area contributed by atoms with Gasteiger partial charge in [-0.1, -0.05) is 0 Å². The van der Waals surface area contributed by atoms with E-state index in [9.17, 15) is 4.79 Å². The maximum absolute atomic E-state index is 10.1. The number of rotatable bonds is 1. The van der Waals surface area contributed by atoms with Gasteiger partial charge in [0.05, 0.1) is 0 Å². The van der Waals surface area contributed by atoms with Crippen LogP contribution in [0.15, 0.2) is 12.2 Å². The normalized spacial score (nSPS) is 7.50. The summed E-state index contributed by atoms with van der Waals surface area (Å²) in [4.78, 5) is 10.1. The van der Waals surface area contributed by atoms with Crippen molar-refractivity contribution in [1.29, 1.82) is 0 Å². The molecule has 0 fully saturated rings. The predicted molar refractivity (Wildman–Crippen MR) is 19.8 cm³/mol. The van der Waals surface area contributed by atoms with Crippen LogP contribution in [0.4, 0.5) is 0 Å². The third kappa shape index (κ3) is 2.39. The molecule has 0 amide bonds. The Kier molecular flexibility index (Phi) is 2.40. The summed E-state index contributed by atoms with van der Waals surface area (Å²) in [6.07, 6.45) is 0. The van der Waals surface area contributed by atoms with Gasteiger partial charge in [-0.3, -0.25) is 0 Å². The van der Waals surface area contributed by atoms with Gasteiger partial charge in [0, 0.05) is 0 Å². The second-order valence-electron chi connectivity index (χ2n) is 1.09. The Hall–Kier alpha value is 0.150.